The van der Waals surface area contributed by atoms with E-state index in [1.54, 1.807) is 0 Å². The molecular formula is C17H20Cl2N2O2. The second kappa shape index (κ2) is 7.22. The molecule has 1 atom stereocenters. The number of halogens is 2. The van der Waals surface area contributed by atoms with E-state index in [4.69, 9.17) is 32.5 Å². The maximum atomic E-state index is 6.11. The fourth-order valence-corrected chi connectivity index (χ4v) is 3.26. The van der Waals surface area contributed by atoms with Gasteiger partial charge in [-0.25, -0.2) is 0 Å². The maximum absolute atomic E-state index is 6.11. The Balaban J connectivity index is 1.63. The van der Waals surface area contributed by atoms with Gasteiger partial charge in [0.1, 0.15) is 5.76 Å². The summed E-state index contributed by atoms with van der Waals surface area (Å²) in [4.78, 5) is 2.41. The van der Waals surface area contributed by atoms with Crippen LogP contribution in [0.25, 0.3) is 0 Å². The molecule has 1 unspecified atom stereocenters. The van der Waals surface area contributed by atoms with Crippen molar-refractivity contribution in [2.24, 2.45) is 0 Å². The van der Waals surface area contributed by atoms with Crippen LogP contribution >= 0.6 is 23.2 Å². The Labute approximate surface area is 146 Å². The first kappa shape index (κ1) is 16.8. The van der Waals surface area contributed by atoms with Gasteiger partial charge >= 0.3 is 0 Å². The monoisotopic (exact) mass is 354 g/mol. The molecule has 2 aromatic rings. The third-order valence-electron chi connectivity index (χ3n) is 4.33. The van der Waals surface area contributed by atoms with Gasteiger partial charge in [-0.05, 0) is 38.0 Å². The molecule has 0 saturated carbocycles. The average Bonchev–Trinajstić information content (AvgIpc) is 2.87. The van der Waals surface area contributed by atoms with Crippen LogP contribution in [0.3, 0.4) is 0 Å². The van der Waals surface area contributed by atoms with E-state index in [1.165, 1.54) is 5.56 Å². The lowest BCUT2D eigenvalue weighted by Gasteiger charge is -2.33. The van der Waals surface area contributed by atoms with Gasteiger partial charge in [0.05, 0.1) is 28.5 Å². The van der Waals surface area contributed by atoms with Gasteiger partial charge in [-0.15, -0.1) is 0 Å². The number of nitrogens with zero attached hydrogens (tertiary/aromatic N) is 2. The van der Waals surface area contributed by atoms with Crippen molar-refractivity contribution in [1.82, 2.24) is 10.1 Å². The van der Waals surface area contributed by atoms with Crippen LogP contribution in [-0.4, -0.2) is 36.3 Å². The van der Waals surface area contributed by atoms with E-state index < -0.39 is 0 Å². The quantitative estimate of drug-likeness (QED) is 0.823. The first-order chi connectivity index (χ1) is 11.0. The lowest BCUT2D eigenvalue weighted by atomic mass is 10.1. The SMILES string of the molecule is Cc1noc(C)c1CCN1CCOC(c2ccc(Cl)c(Cl)c2)C1. The molecular weight excluding hydrogens is 335 g/mol. The Hall–Kier alpha value is -1.07. The third-order valence-corrected chi connectivity index (χ3v) is 5.06. The number of hydrogen-bond acceptors (Lipinski definition) is 4. The minimum atomic E-state index is 0.0307. The molecule has 1 aromatic carbocycles. The molecule has 124 valence electrons. The van der Waals surface area contributed by atoms with Crippen LogP contribution in [0.1, 0.15) is 28.7 Å². The lowest BCUT2D eigenvalue weighted by Crippen LogP contribution is -2.39. The number of rotatable bonds is 4. The molecule has 1 saturated heterocycles. The van der Waals surface area contributed by atoms with E-state index in [0.29, 0.717) is 16.7 Å². The Morgan fingerprint density at radius 3 is 2.78 bits per heavy atom. The zero-order valence-corrected chi connectivity index (χ0v) is 14.8. The van der Waals surface area contributed by atoms with Crippen LogP contribution < -0.4 is 0 Å². The van der Waals surface area contributed by atoms with Crippen LogP contribution in [0.4, 0.5) is 0 Å². The van der Waals surface area contributed by atoms with Crippen LogP contribution in [0, 0.1) is 13.8 Å². The van der Waals surface area contributed by atoms with Crippen molar-refractivity contribution in [3.05, 3.63) is 50.8 Å². The molecule has 0 bridgehead atoms. The molecule has 0 spiro atoms. The minimum absolute atomic E-state index is 0.0307. The molecule has 4 nitrogen and oxygen atoms in total. The topological polar surface area (TPSA) is 38.5 Å². The molecule has 23 heavy (non-hydrogen) atoms. The predicted molar refractivity (Wildman–Crippen MR) is 91.3 cm³/mol. The zero-order chi connectivity index (χ0) is 16.4. The standard InChI is InChI=1S/C17H20Cl2N2O2/c1-11-14(12(2)23-20-11)5-6-21-7-8-22-17(10-21)13-3-4-15(18)16(19)9-13/h3-4,9,17H,5-8,10H2,1-2H3. The Morgan fingerprint density at radius 1 is 1.26 bits per heavy atom. The van der Waals surface area contributed by atoms with Crippen molar-refractivity contribution in [3.63, 3.8) is 0 Å². The summed E-state index contributed by atoms with van der Waals surface area (Å²) in [6.07, 6.45) is 0.970. The van der Waals surface area contributed by atoms with E-state index in [1.807, 2.05) is 32.0 Å². The van der Waals surface area contributed by atoms with E-state index >= 15 is 0 Å². The Morgan fingerprint density at radius 2 is 2.09 bits per heavy atom. The minimum Gasteiger partial charge on any atom is -0.371 e. The summed E-state index contributed by atoms with van der Waals surface area (Å²) in [5.41, 5.74) is 3.26. The van der Waals surface area contributed by atoms with Gasteiger partial charge in [-0.2, -0.15) is 0 Å². The van der Waals surface area contributed by atoms with Crippen molar-refractivity contribution < 1.29 is 9.26 Å². The Kier molecular flexibility index (Phi) is 5.27. The summed E-state index contributed by atoms with van der Waals surface area (Å²) in [5, 5.41) is 5.16. The van der Waals surface area contributed by atoms with E-state index in [-0.39, 0.29) is 6.10 Å². The smallest absolute Gasteiger partial charge is 0.137 e. The van der Waals surface area contributed by atoms with Gasteiger partial charge in [0.25, 0.3) is 0 Å². The number of benzene rings is 1. The van der Waals surface area contributed by atoms with Crippen LogP contribution in [-0.2, 0) is 11.2 Å². The highest BCUT2D eigenvalue weighted by molar-refractivity contribution is 6.42. The summed E-state index contributed by atoms with van der Waals surface area (Å²) in [7, 11) is 0. The van der Waals surface area contributed by atoms with Gasteiger partial charge in [-0.3, -0.25) is 4.90 Å². The summed E-state index contributed by atoms with van der Waals surface area (Å²) in [6, 6.07) is 5.70. The van der Waals surface area contributed by atoms with Crippen LogP contribution in [0.5, 0.6) is 0 Å². The molecule has 1 aliphatic heterocycles. The van der Waals surface area contributed by atoms with Crippen molar-refractivity contribution >= 4 is 23.2 Å². The summed E-state index contributed by atoms with van der Waals surface area (Å²) in [6.45, 7) is 7.41. The molecule has 0 amide bonds. The zero-order valence-electron chi connectivity index (χ0n) is 13.3. The number of morpholine rings is 1. The highest BCUT2D eigenvalue weighted by atomic mass is 35.5. The second-order valence-corrected chi connectivity index (χ2v) is 6.70. The number of hydrogen-bond donors (Lipinski definition) is 0. The predicted octanol–water partition coefficient (Wildman–Crippen LogP) is 4.21. The molecule has 0 radical (unpaired) electrons. The highest BCUT2D eigenvalue weighted by Gasteiger charge is 2.23. The van der Waals surface area contributed by atoms with Gasteiger partial charge in [0.15, 0.2) is 0 Å². The van der Waals surface area contributed by atoms with Crippen molar-refractivity contribution in [1.29, 1.82) is 0 Å². The third kappa shape index (κ3) is 3.89. The molecule has 6 heteroatoms. The van der Waals surface area contributed by atoms with E-state index in [0.717, 1.165) is 43.1 Å². The normalized spacial score (nSPS) is 19.2. The van der Waals surface area contributed by atoms with Crippen molar-refractivity contribution in [3.8, 4) is 0 Å². The average molecular weight is 355 g/mol. The van der Waals surface area contributed by atoms with Crippen molar-refractivity contribution in [2.75, 3.05) is 26.2 Å². The van der Waals surface area contributed by atoms with Gasteiger partial charge in [0, 0.05) is 25.2 Å². The summed E-state index contributed by atoms with van der Waals surface area (Å²) >= 11 is 12.1. The van der Waals surface area contributed by atoms with E-state index in [2.05, 4.69) is 10.1 Å². The fraction of sp³-hybridized carbons (Fsp3) is 0.471. The molecule has 0 N–H and O–H groups in total. The summed E-state index contributed by atoms with van der Waals surface area (Å²) in [5.74, 6) is 0.914. The Bertz CT molecular complexity index is 668. The van der Waals surface area contributed by atoms with Gasteiger partial charge in [0.2, 0.25) is 0 Å². The molecule has 1 aliphatic rings. The number of ether oxygens (including phenoxy) is 1. The van der Waals surface area contributed by atoms with E-state index in [9.17, 15) is 0 Å². The van der Waals surface area contributed by atoms with Gasteiger partial charge < -0.3 is 9.26 Å². The summed E-state index contributed by atoms with van der Waals surface area (Å²) < 4.78 is 11.1. The molecule has 0 aliphatic carbocycles. The van der Waals surface area contributed by atoms with Gasteiger partial charge in [-0.1, -0.05) is 34.4 Å². The number of aromatic nitrogens is 1. The lowest BCUT2D eigenvalue weighted by molar-refractivity contribution is -0.0295. The maximum Gasteiger partial charge on any atom is 0.137 e. The fourth-order valence-electron chi connectivity index (χ4n) is 2.95. The highest BCUT2D eigenvalue weighted by Crippen LogP contribution is 2.29. The first-order valence-corrected chi connectivity index (χ1v) is 8.51. The second-order valence-electron chi connectivity index (χ2n) is 5.89. The molecule has 1 aromatic heterocycles. The first-order valence-electron chi connectivity index (χ1n) is 7.75. The van der Waals surface area contributed by atoms with Crippen LogP contribution in [0.2, 0.25) is 10.0 Å². The largest absolute Gasteiger partial charge is 0.371 e. The van der Waals surface area contributed by atoms with Crippen molar-refractivity contribution in [2.45, 2.75) is 26.4 Å². The van der Waals surface area contributed by atoms with Crippen LogP contribution in [0.15, 0.2) is 22.7 Å². The molecule has 1 fully saturated rings. The molecule has 3 rings (SSSR count). The molecule has 2 heterocycles. The number of aryl methyl sites for hydroxylation is 2.